The normalized spacial score (nSPS) is 57.6. The third-order valence-electron chi connectivity index (χ3n) is 5.12. The Balaban J connectivity index is 1.96. The maximum absolute atomic E-state index is 10.5. The first-order valence-electron chi connectivity index (χ1n) is 6.07. The van der Waals surface area contributed by atoms with Crippen molar-refractivity contribution in [3.8, 4) is 0 Å². The predicted octanol–water partition coefficient (Wildman–Crippen LogP) is 0.948. The minimum Gasteiger partial charge on any atom is -0.390 e. The predicted molar refractivity (Wildman–Crippen MR) is 54.4 cm³/mol. The first kappa shape index (κ1) is 9.17. The van der Waals surface area contributed by atoms with Crippen LogP contribution in [0.15, 0.2) is 0 Å². The van der Waals surface area contributed by atoms with Crippen LogP contribution in [0.25, 0.3) is 0 Å². The minimum absolute atomic E-state index is 0.296. The molecule has 4 aliphatic carbocycles. The monoisotopic (exact) mass is 196 g/mol. The lowest BCUT2D eigenvalue weighted by molar-refractivity contribution is -0.455. The van der Waals surface area contributed by atoms with E-state index in [4.69, 9.17) is 0 Å². The van der Waals surface area contributed by atoms with Crippen molar-refractivity contribution >= 4 is 0 Å². The average molecular weight is 196 g/mol. The number of hydrogen-bond donors (Lipinski definition) is 2. The van der Waals surface area contributed by atoms with Gasteiger partial charge in [0.15, 0.2) is 0 Å². The highest BCUT2D eigenvalue weighted by molar-refractivity contribution is 5.09. The molecule has 2 nitrogen and oxygen atoms in total. The Morgan fingerprint density at radius 1 is 1.21 bits per heavy atom. The summed E-state index contributed by atoms with van der Waals surface area (Å²) in [4.78, 5) is 0. The van der Waals surface area contributed by atoms with Gasteiger partial charge in [-0.25, -0.2) is 0 Å². The van der Waals surface area contributed by atoms with Crippen molar-refractivity contribution in [1.82, 2.24) is 0 Å². The largest absolute Gasteiger partial charge is 0.390 e. The smallest absolute Gasteiger partial charge is 0.0873 e. The van der Waals surface area contributed by atoms with Crippen molar-refractivity contribution in [3.05, 3.63) is 0 Å². The van der Waals surface area contributed by atoms with Crippen LogP contribution in [0, 0.1) is 17.3 Å². The molecule has 0 radical (unpaired) electrons. The van der Waals surface area contributed by atoms with Gasteiger partial charge in [-0.1, -0.05) is 0 Å². The number of rotatable bonds is 1. The lowest BCUT2D eigenvalue weighted by Crippen LogP contribution is -2.72. The van der Waals surface area contributed by atoms with Crippen molar-refractivity contribution in [1.29, 1.82) is 0 Å². The molecule has 4 aliphatic rings. The van der Waals surface area contributed by atoms with E-state index in [1.165, 1.54) is 19.3 Å². The molecule has 0 unspecified atom stereocenters. The highest BCUT2D eigenvalue weighted by Crippen LogP contribution is 2.62. The topological polar surface area (TPSA) is 47.9 Å². The van der Waals surface area contributed by atoms with E-state index < -0.39 is 0 Å². The van der Waals surface area contributed by atoms with Gasteiger partial charge in [0.2, 0.25) is 0 Å². The van der Waals surface area contributed by atoms with Gasteiger partial charge >= 0.3 is 0 Å². The van der Waals surface area contributed by atoms with Gasteiger partial charge in [0.05, 0.1) is 11.6 Å². The van der Waals surface area contributed by atoms with E-state index in [1.54, 1.807) is 0 Å². The summed E-state index contributed by atoms with van der Waals surface area (Å²) in [6.45, 7) is 2.25. The second kappa shape index (κ2) is 2.53. The summed E-state index contributed by atoms with van der Waals surface area (Å²) in [5.41, 5.74) is 4.35. The van der Waals surface area contributed by atoms with Crippen LogP contribution in [-0.2, 0) is 0 Å². The van der Waals surface area contributed by atoms with E-state index in [1.807, 2.05) is 0 Å². The molecule has 0 aromatic rings. The molecule has 0 amide bonds. The molecule has 4 fully saturated rings. The molecule has 0 aromatic heterocycles. The molecular formula is C12H22NO+. The van der Waals surface area contributed by atoms with Gasteiger partial charge in [-0.3, -0.25) is 0 Å². The summed E-state index contributed by atoms with van der Waals surface area (Å²) in [6, 6.07) is 0.514. The molecule has 14 heavy (non-hydrogen) atoms. The summed E-state index contributed by atoms with van der Waals surface area (Å²) >= 11 is 0. The lowest BCUT2D eigenvalue weighted by atomic mass is 9.46. The Kier molecular flexibility index (Phi) is 1.66. The second-order valence-corrected chi connectivity index (χ2v) is 6.45. The fourth-order valence-corrected chi connectivity index (χ4v) is 4.86. The van der Waals surface area contributed by atoms with Crippen molar-refractivity contribution in [3.63, 3.8) is 0 Å². The van der Waals surface area contributed by atoms with Crippen molar-refractivity contribution in [2.45, 2.75) is 57.1 Å². The van der Waals surface area contributed by atoms with Gasteiger partial charge in [0, 0.05) is 5.41 Å². The van der Waals surface area contributed by atoms with Crippen LogP contribution >= 0.6 is 0 Å². The Labute approximate surface area is 85.9 Å². The van der Waals surface area contributed by atoms with Crippen molar-refractivity contribution in [2.24, 2.45) is 17.3 Å². The summed E-state index contributed by atoms with van der Waals surface area (Å²) < 4.78 is 0. The third kappa shape index (κ3) is 1.10. The van der Waals surface area contributed by atoms with E-state index in [2.05, 4.69) is 12.7 Å². The average Bonchev–Trinajstić information content (AvgIpc) is 1.98. The van der Waals surface area contributed by atoms with Gasteiger partial charge in [0.25, 0.3) is 0 Å². The van der Waals surface area contributed by atoms with Crippen molar-refractivity contribution in [2.75, 3.05) is 0 Å². The van der Waals surface area contributed by atoms with Crippen LogP contribution < -0.4 is 5.73 Å². The molecule has 0 saturated heterocycles. The molecule has 4 rings (SSSR count). The van der Waals surface area contributed by atoms with E-state index in [-0.39, 0.29) is 5.60 Å². The Morgan fingerprint density at radius 3 is 2.21 bits per heavy atom. The zero-order valence-corrected chi connectivity index (χ0v) is 9.13. The van der Waals surface area contributed by atoms with Crippen LogP contribution in [0.5, 0.6) is 0 Å². The fraction of sp³-hybridized carbons (Fsp3) is 1.00. The van der Waals surface area contributed by atoms with Crippen LogP contribution in [-0.4, -0.2) is 16.7 Å². The molecule has 80 valence electrons. The minimum atomic E-state index is -0.296. The van der Waals surface area contributed by atoms with E-state index in [0.717, 1.165) is 31.1 Å². The molecule has 0 heterocycles. The molecule has 2 heteroatoms. The quantitative estimate of drug-likeness (QED) is 0.644. The number of aliphatic hydroxyl groups is 1. The van der Waals surface area contributed by atoms with Gasteiger partial charge in [-0.05, 0) is 57.3 Å². The summed E-state index contributed by atoms with van der Waals surface area (Å²) in [5, 5.41) is 10.5. The Hall–Kier alpha value is -0.0800. The first-order chi connectivity index (χ1) is 6.51. The zero-order chi connectivity index (χ0) is 9.97. The number of hydrogen-bond acceptors (Lipinski definition) is 1. The standard InChI is InChI=1S/C12H21NO/c1-8(13)11-3-9-2-10(4-11)6-12(14,5-9)7-11/h8-10,14H,2-7,13H2,1H3/p+1/t8-,9+,10+,11?,12?/m1/s1. The molecule has 4 saturated carbocycles. The highest BCUT2D eigenvalue weighted by Gasteiger charge is 2.59. The number of quaternary nitrogens is 1. The second-order valence-electron chi connectivity index (χ2n) is 6.45. The van der Waals surface area contributed by atoms with Gasteiger partial charge < -0.3 is 10.8 Å². The van der Waals surface area contributed by atoms with E-state index in [9.17, 15) is 5.11 Å². The Bertz CT molecular complexity index is 247. The summed E-state index contributed by atoms with van der Waals surface area (Å²) in [6.07, 6.45) is 7.28. The lowest BCUT2D eigenvalue weighted by Gasteiger charge is -2.60. The molecule has 0 aliphatic heterocycles. The maximum Gasteiger partial charge on any atom is 0.0873 e. The maximum atomic E-state index is 10.5. The molecule has 4 bridgehead atoms. The van der Waals surface area contributed by atoms with E-state index >= 15 is 0 Å². The zero-order valence-electron chi connectivity index (χ0n) is 9.13. The van der Waals surface area contributed by atoms with Crippen LogP contribution in [0.1, 0.15) is 45.4 Å². The van der Waals surface area contributed by atoms with Gasteiger partial charge in [-0.15, -0.1) is 0 Å². The highest BCUT2D eigenvalue weighted by atomic mass is 16.3. The molecule has 4 N–H and O–H groups in total. The molecule has 0 spiro atoms. The SMILES string of the molecule is C[C@@H]([NH3+])C12C[C@@H]3C[C@H](CC(O)(C3)C1)C2. The van der Waals surface area contributed by atoms with Crippen LogP contribution in [0.4, 0.5) is 0 Å². The summed E-state index contributed by atoms with van der Waals surface area (Å²) in [5.74, 6) is 1.62. The van der Waals surface area contributed by atoms with Gasteiger partial charge in [0.1, 0.15) is 0 Å². The Morgan fingerprint density at radius 2 is 1.79 bits per heavy atom. The van der Waals surface area contributed by atoms with Crippen molar-refractivity contribution < 1.29 is 10.8 Å². The van der Waals surface area contributed by atoms with Gasteiger partial charge in [-0.2, -0.15) is 0 Å². The molecular weight excluding hydrogens is 174 g/mol. The molecule has 0 aromatic carbocycles. The summed E-state index contributed by atoms with van der Waals surface area (Å²) in [7, 11) is 0. The molecule has 3 atom stereocenters. The van der Waals surface area contributed by atoms with E-state index in [0.29, 0.717) is 11.5 Å². The fourth-order valence-electron chi connectivity index (χ4n) is 4.86. The third-order valence-corrected chi connectivity index (χ3v) is 5.12. The first-order valence-corrected chi connectivity index (χ1v) is 6.07. The van der Waals surface area contributed by atoms with Crippen LogP contribution in [0.3, 0.4) is 0 Å². The van der Waals surface area contributed by atoms with Crippen LogP contribution in [0.2, 0.25) is 0 Å².